The number of rotatable bonds is 2. The lowest BCUT2D eigenvalue weighted by atomic mass is 10.1. The van der Waals surface area contributed by atoms with Gasteiger partial charge in [0.25, 0.3) is 0 Å². The van der Waals surface area contributed by atoms with Crippen LogP contribution in [-0.4, -0.2) is 5.11 Å². The van der Waals surface area contributed by atoms with Gasteiger partial charge in [0.05, 0.1) is 6.04 Å². The lowest BCUT2D eigenvalue weighted by Gasteiger charge is -2.07. The molecular weight excluding hydrogens is 157 g/mol. The number of phenols is 1. The summed E-state index contributed by atoms with van der Waals surface area (Å²) in [6.07, 6.45) is 1.44. The highest BCUT2D eigenvalue weighted by atomic mass is 19.1. The fourth-order valence-electron chi connectivity index (χ4n) is 0.913. The van der Waals surface area contributed by atoms with E-state index in [-0.39, 0.29) is 5.75 Å². The van der Waals surface area contributed by atoms with Gasteiger partial charge in [-0.1, -0.05) is 12.1 Å². The highest BCUT2D eigenvalue weighted by molar-refractivity contribution is 5.31. The summed E-state index contributed by atoms with van der Waals surface area (Å²) in [7, 11) is 0. The number of hydrogen-bond donors (Lipinski definition) is 2. The van der Waals surface area contributed by atoms with Crippen LogP contribution in [0.1, 0.15) is 11.6 Å². The number of halogens is 1. The van der Waals surface area contributed by atoms with Gasteiger partial charge in [-0.15, -0.1) is 6.58 Å². The Balaban J connectivity index is 3.09. The van der Waals surface area contributed by atoms with Gasteiger partial charge < -0.3 is 10.8 Å². The maximum atomic E-state index is 13.0. The molecule has 0 fully saturated rings. The van der Waals surface area contributed by atoms with Gasteiger partial charge in [0.1, 0.15) is 11.6 Å². The van der Waals surface area contributed by atoms with E-state index in [0.29, 0.717) is 5.56 Å². The highest BCUT2D eigenvalue weighted by Crippen LogP contribution is 2.19. The molecule has 0 amide bonds. The second kappa shape index (κ2) is 3.36. The zero-order chi connectivity index (χ0) is 9.14. The van der Waals surface area contributed by atoms with Crippen molar-refractivity contribution in [2.75, 3.05) is 0 Å². The third kappa shape index (κ3) is 1.62. The van der Waals surface area contributed by atoms with Crippen molar-refractivity contribution in [3.8, 4) is 5.75 Å². The Kier molecular flexibility index (Phi) is 2.45. The van der Waals surface area contributed by atoms with Crippen LogP contribution in [0.3, 0.4) is 0 Å². The Morgan fingerprint density at radius 3 is 2.75 bits per heavy atom. The first kappa shape index (κ1) is 8.74. The predicted octanol–water partition coefficient (Wildman–Crippen LogP) is 1.72. The summed E-state index contributed by atoms with van der Waals surface area (Å²) in [4.78, 5) is 0. The Morgan fingerprint density at radius 1 is 1.58 bits per heavy atom. The van der Waals surface area contributed by atoms with Crippen LogP contribution in [0.15, 0.2) is 30.9 Å². The standard InChI is InChI=1S/C9H10FNO/c1-2-9(11)7-4-3-6(12)5-8(7)10/h2-5,9,12H,1,11H2. The largest absolute Gasteiger partial charge is 0.508 e. The normalized spacial score (nSPS) is 12.5. The van der Waals surface area contributed by atoms with Gasteiger partial charge in [0.15, 0.2) is 0 Å². The zero-order valence-electron chi connectivity index (χ0n) is 6.50. The van der Waals surface area contributed by atoms with Gasteiger partial charge in [0.2, 0.25) is 0 Å². The van der Waals surface area contributed by atoms with E-state index < -0.39 is 11.9 Å². The first-order valence-electron chi connectivity index (χ1n) is 3.51. The lowest BCUT2D eigenvalue weighted by molar-refractivity contribution is 0.467. The molecule has 2 nitrogen and oxygen atoms in total. The smallest absolute Gasteiger partial charge is 0.131 e. The van der Waals surface area contributed by atoms with E-state index in [1.54, 1.807) is 0 Å². The van der Waals surface area contributed by atoms with E-state index in [1.807, 2.05) is 0 Å². The molecule has 0 saturated heterocycles. The van der Waals surface area contributed by atoms with Crippen LogP contribution in [0.25, 0.3) is 0 Å². The molecule has 1 atom stereocenters. The van der Waals surface area contributed by atoms with Gasteiger partial charge in [-0.3, -0.25) is 0 Å². The van der Waals surface area contributed by atoms with Crippen molar-refractivity contribution in [3.05, 3.63) is 42.2 Å². The maximum absolute atomic E-state index is 13.0. The summed E-state index contributed by atoms with van der Waals surface area (Å²) in [6.45, 7) is 3.45. The van der Waals surface area contributed by atoms with Gasteiger partial charge in [-0.2, -0.15) is 0 Å². The van der Waals surface area contributed by atoms with Crippen LogP contribution in [0.2, 0.25) is 0 Å². The molecule has 0 aromatic heterocycles. The Morgan fingerprint density at radius 2 is 2.25 bits per heavy atom. The molecule has 64 valence electrons. The molecule has 0 aliphatic carbocycles. The summed E-state index contributed by atoms with van der Waals surface area (Å²) in [5, 5.41) is 8.89. The van der Waals surface area contributed by atoms with Crippen LogP contribution in [0, 0.1) is 5.82 Å². The molecule has 0 aliphatic rings. The van der Waals surface area contributed by atoms with E-state index in [2.05, 4.69) is 6.58 Å². The van der Waals surface area contributed by atoms with Gasteiger partial charge >= 0.3 is 0 Å². The molecule has 0 bridgehead atoms. The van der Waals surface area contributed by atoms with Crippen LogP contribution < -0.4 is 5.73 Å². The predicted molar refractivity (Wildman–Crippen MR) is 45.2 cm³/mol. The molecule has 0 spiro atoms. The third-order valence-electron chi connectivity index (χ3n) is 1.60. The van der Waals surface area contributed by atoms with Crippen molar-refractivity contribution in [2.24, 2.45) is 5.73 Å². The molecule has 3 N–H and O–H groups in total. The Hall–Kier alpha value is -1.35. The molecule has 0 radical (unpaired) electrons. The van der Waals surface area contributed by atoms with E-state index in [1.165, 1.54) is 18.2 Å². The summed E-state index contributed by atoms with van der Waals surface area (Å²) >= 11 is 0. The van der Waals surface area contributed by atoms with Crippen molar-refractivity contribution in [1.29, 1.82) is 0 Å². The second-order valence-electron chi connectivity index (χ2n) is 2.47. The quantitative estimate of drug-likeness (QED) is 0.659. The molecule has 0 saturated carbocycles. The van der Waals surface area contributed by atoms with Crippen LogP contribution in [0.4, 0.5) is 4.39 Å². The van der Waals surface area contributed by atoms with Crippen molar-refractivity contribution < 1.29 is 9.50 Å². The highest BCUT2D eigenvalue weighted by Gasteiger charge is 2.07. The summed E-state index contributed by atoms with van der Waals surface area (Å²) in [5.41, 5.74) is 5.84. The Bertz CT molecular complexity index is 299. The van der Waals surface area contributed by atoms with Crippen LogP contribution in [0.5, 0.6) is 5.75 Å². The van der Waals surface area contributed by atoms with E-state index >= 15 is 0 Å². The fourth-order valence-corrected chi connectivity index (χ4v) is 0.913. The topological polar surface area (TPSA) is 46.2 Å². The SMILES string of the molecule is C=CC(N)c1ccc(O)cc1F. The maximum Gasteiger partial charge on any atom is 0.131 e. The van der Waals surface area contributed by atoms with Crippen LogP contribution in [-0.2, 0) is 0 Å². The van der Waals surface area contributed by atoms with Crippen LogP contribution >= 0.6 is 0 Å². The minimum Gasteiger partial charge on any atom is -0.508 e. The average molecular weight is 167 g/mol. The zero-order valence-corrected chi connectivity index (χ0v) is 6.50. The van der Waals surface area contributed by atoms with Crippen molar-refractivity contribution in [3.63, 3.8) is 0 Å². The summed E-state index contributed by atoms with van der Waals surface area (Å²) in [5.74, 6) is -0.616. The number of nitrogens with two attached hydrogens (primary N) is 1. The average Bonchev–Trinajstić information content (AvgIpc) is 2.03. The molecule has 0 heterocycles. The van der Waals surface area contributed by atoms with Crippen molar-refractivity contribution >= 4 is 0 Å². The Labute approximate surface area is 70.1 Å². The first-order chi connectivity index (χ1) is 5.65. The number of benzene rings is 1. The van der Waals surface area contributed by atoms with Gasteiger partial charge in [0, 0.05) is 11.6 Å². The second-order valence-corrected chi connectivity index (χ2v) is 2.47. The van der Waals surface area contributed by atoms with Gasteiger partial charge in [-0.25, -0.2) is 4.39 Å². The third-order valence-corrected chi connectivity index (χ3v) is 1.60. The minimum absolute atomic E-state index is 0.104. The summed E-state index contributed by atoms with van der Waals surface area (Å²) in [6, 6.07) is 3.34. The molecule has 1 unspecified atom stereocenters. The molecule has 1 rings (SSSR count). The minimum atomic E-state index is -0.523. The molecular formula is C9H10FNO. The number of phenolic OH excluding ortho intramolecular Hbond substituents is 1. The van der Waals surface area contributed by atoms with E-state index in [0.717, 1.165) is 6.07 Å². The molecule has 0 aliphatic heterocycles. The fraction of sp³-hybridized carbons (Fsp3) is 0.111. The van der Waals surface area contributed by atoms with E-state index in [9.17, 15) is 4.39 Å². The first-order valence-corrected chi connectivity index (χ1v) is 3.51. The van der Waals surface area contributed by atoms with Gasteiger partial charge in [-0.05, 0) is 6.07 Å². The monoisotopic (exact) mass is 167 g/mol. The number of aromatic hydroxyl groups is 1. The van der Waals surface area contributed by atoms with Crippen molar-refractivity contribution in [2.45, 2.75) is 6.04 Å². The number of hydrogen-bond acceptors (Lipinski definition) is 2. The summed E-state index contributed by atoms with van der Waals surface area (Å²) < 4.78 is 13.0. The van der Waals surface area contributed by atoms with E-state index in [4.69, 9.17) is 10.8 Å². The molecule has 1 aromatic carbocycles. The molecule has 12 heavy (non-hydrogen) atoms. The molecule has 3 heteroatoms. The molecule has 1 aromatic rings. The lowest BCUT2D eigenvalue weighted by Crippen LogP contribution is -2.08. The van der Waals surface area contributed by atoms with Crippen molar-refractivity contribution in [1.82, 2.24) is 0 Å².